The fourth-order valence-corrected chi connectivity index (χ4v) is 1.22. The van der Waals surface area contributed by atoms with Gasteiger partial charge in [-0.25, -0.2) is 8.42 Å². The molecule has 0 unspecified atom stereocenters. The van der Waals surface area contributed by atoms with E-state index in [0.29, 0.717) is 12.6 Å². The standard InChI is InChI=1S/C6H14ClNO2S/c1-6(2)8(3)4-5-11(7,9)10/h6H,4-5H2,1-3H3. The number of hydrogen-bond donors (Lipinski definition) is 0. The van der Waals surface area contributed by atoms with Crippen LogP contribution in [0.15, 0.2) is 0 Å². The van der Waals surface area contributed by atoms with Crippen molar-refractivity contribution in [2.45, 2.75) is 19.9 Å². The minimum atomic E-state index is -3.32. The largest absolute Gasteiger partial charge is 0.303 e. The Labute approximate surface area is 72.8 Å². The first-order valence-electron chi connectivity index (χ1n) is 3.45. The molecule has 0 aromatic carbocycles. The van der Waals surface area contributed by atoms with Gasteiger partial charge in [0.1, 0.15) is 0 Å². The van der Waals surface area contributed by atoms with Gasteiger partial charge in [0, 0.05) is 23.3 Å². The Morgan fingerprint density at radius 1 is 1.45 bits per heavy atom. The van der Waals surface area contributed by atoms with Crippen LogP contribution in [0.5, 0.6) is 0 Å². The molecule has 0 radical (unpaired) electrons. The summed E-state index contributed by atoms with van der Waals surface area (Å²) in [4.78, 5) is 1.93. The molecule has 0 aliphatic rings. The van der Waals surface area contributed by atoms with Gasteiger partial charge >= 0.3 is 0 Å². The zero-order chi connectivity index (χ0) is 9.07. The maximum absolute atomic E-state index is 10.5. The summed E-state index contributed by atoms with van der Waals surface area (Å²) in [5.74, 6) is 0.0171. The van der Waals surface area contributed by atoms with Crippen molar-refractivity contribution in [2.75, 3.05) is 19.3 Å². The SMILES string of the molecule is CC(C)N(C)CCS(=O)(=O)Cl. The van der Waals surface area contributed by atoms with Crippen molar-refractivity contribution in [1.82, 2.24) is 4.90 Å². The van der Waals surface area contributed by atoms with E-state index in [1.165, 1.54) is 0 Å². The molecule has 68 valence electrons. The van der Waals surface area contributed by atoms with E-state index in [-0.39, 0.29) is 5.75 Å². The third kappa shape index (κ3) is 6.59. The van der Waals surface area contributed by atoms with E-state index in [9.17, 15) is 8.42 Å². The molecule has 0 bridgehead atoms. The monoisotopic (exact) mass is 199 g/mol. The molecule has 0 saturated carbocycles. The van der Waals surface area contributed by atoms with Gasteiger partial charge in [0.2, 0.25) is 9.05 Å². The van der Waals surface area contributed by atoms with Gasteiger partial charge in [-0.15, -0.1) is 0 Å². The molecule has 0 N–H and O–H groups in total. The fraction of sp³-hybridized carbons (Fsp3) is 1.00. The lowest BCUT2D eigenvalue weighted by atomic mass is 10.3. The van der Waals surface area contributed by atoms with E-state index >= 15 is 0 Å². The van der Waals surface area contributed by atoms with E-state index < -0.39 is 9.05 Å². The highest BCUT2D eigenvalue weighted by atomic mass is 35.7. The molecule has 3 nitrogen and oxygen atoms in total. The quantitative estimate of drug-likeness (QED) is 0.632. The summed E-state index contributed by atoms with van der Waals surface area (Å²) >= 11 is 0. The Bertz CT molecular complexity index is 201. The molecule has 5 heteroatoms. The number of nitrogens with zero attached hydrogens (tertiary/aromatic N) is 1. The average Bonchev–Trinajstić information content (AvgIpc) is 1.80. The lowest BCUT2D eigenvalue weighted by Gasteiger charge is -2.19. The van der Waals surface area contributed by atoms with Crippen LogP contribution in [0.25, 0.3) is 0 Å². The van der Waals surface area contributed by atoms with Crippen LogP contribution in [0.3, 0.4) is 0 Å². The Morgan fingerprint density at radius 3 is 2.18 bits per heavy atom. The minimum absolute atomic E-state index is 0.0171. The molecule has 0 aliphatic carbocycles. The highest BCUT2D eigenvalue weighted by Crippen LogP contribution is 1.99. The van der Waals surface area contributed by atoms with Crippen LogP contribution in [-0.4, -0.2) is 38.7 Å². The van der Waals surface area contributed by atoms with Crippen LogP contribution in [0.1, 0.15) is 13.8 Å². The summed E-state index contributed by atoms with van der Waals surface area (Å²) in [7, 11) is 3.57. The highest BCUT2D eigenvalue weighted by molar-refractivity contribution is 8.13. The molecular formula is C6H14ClNO2S. The first-order valence-corrected chi connectivity index (χ1v) is 5.93. The van der Waals surface area contributed by atoms with E-state index in [1.54, 1.807) is 0 Å². The molecule has 0 fully saturated rings. The Kier molecular flexibility index (Phi) is 4.36. The van der Waals surface area contributed by atoms with Gasteiger partial charge < -0.3 is 4.90 Å². The van der Waals surface area contributed by atoms with E-state index in [0.717, 1.165) is 0 Å². The van der Waals surface area contributed by atoms with Gasteiger partial charge in [0.05, 0.1) is 5.75 Å². The third-order valence-electron chi connectivity index (χ3n) is 1.57. The topological polar surface area (TPSA) is 37.4 Å². The van der Waals surface area contributed by atoms with Gasteiger partial charge in [-0.1, -0.05) is 0 Å². The average molecular weight is 200 g/mol. The van der Waals surface area contributed by atoms with Crippen molar-refractivity contribution in [1.29, 1.82) is 0 Å². The second-order valence-electron chi connectivity index (χ2n) is 2.82. The van der Waals surface area contributed by atoms with Crippen molar-refractivity contribution in [3.63, 3.8) is 0 Å². The maximum Gasteiger partial charge on any atom is 0.233 e. The van der Waals surface area contributed by atoms with E-state index in [1.807, 2.05) is 25.8 Å². The predicted molar refractivity (Wildman–Crippen MR) is 47.4 cm³/mol. The Hall–Kier alpha value is 0.200. The molecule has 0 amide bonds. The molecule has 0 spiro atoms. The molecule has 0 aliphatic heterocycles. The fourth-order valence-electron chi connectivity index (χ4n) is 0.511. The summed E-state index contributed by atoms with van der Waals surface area (Å²) < 4.78 is 21.0. The van der Waals surface area contributed by atoms with Crippen LogP contribution >= 0.6 is 10.7 Å². The summed E-state index contributed by atoms with van der Waals surface area (Å²) in [6.45, 7) is 4.49. The molecule has 0 aromatic rings. The minimum Gasteiger partial charge on any atom is -0.303 e. The van der Waals surface area contributed by atoms with Crippen molar-refractivity contribution in [3.8, 4) is 0 Å². The first-order chi connectivity index (χ1) is 4.83. The van der Waals surface area contributed by atoms with Gasteiger partial charge in [-0.05, 0) is 20.9 Å². The predicted octanol–water partition coefficient (Wildman–Crippen LogP) is 0.895. The number of hydrogen-bond acceptors (Lipinski definition) is 3. The smallest absolute Gasteiger partial charge is 0.233 e. The van der Waals surface area contributed by atoms with Crippen LogP contribution in [0.4, 0.5) is 0 Å². The van der Waals surface area contributed by atoms with Crippen molar-refractivity contribution < 1.29 is 8.42 Å². The Morgan fingerprint density at radius 2 is 1.91 bits per heavy atom. The molecule has 0 heterocycles. The molecule has 0 atom stereocenters. The number of rotatable bonds is 4. The van der Waals surface area contributed by atoms with Gasteiger partial charge in [-0.2, -0.15) is 0 Å². The molecule has 11 heavy (non-hydrogen) atoms. The van der Waals surface area contributed by atoms with Gasteiger partial charge in [0.25, 0.3) is 0 Å². The summed E-state index contributed by atoms with van der Waals surface area (Å²) in [6.07, 6.45) is 0. The molecule has 0 saturated heterocycles. The van der Waals surface area contributed by atoms with Crippen molar-refractivity contribution in [2.24, 2.45) is 0 Å². The van der Waals surface area contributed by atoms with Crippen LogP contribution in [0.2, 0.25) is 0 Å². The zero-order valence-corrected chi connectivity index (χ0v) is 8.61. The van der Waals surface area contributed by atoms with E-state index in [2.05, 4.69) is 0 Å². The van der Waals surface area contributed by atoms with Gasteiger partial charge in [-0.3, -0.25) is 0 Å². The first kappa shape index (κ1) is 11.2. The maximum atomic E-state index is 10.5. The lowest BCUT2D eigenvalue weighted by molar-refractivity contribution is 0.290. The van der Waals surface area contributed by atoms with Gasteiger partial charge in [0.15, 0.2) is 0 Å². The van der Waals surface area contributed by atoms with Crippen LogP contribution < -0.4 is 0 Å². The van der Waals surface area contributed by atoms with Crippen molar-refractivity contribution >= 4 is 19.7 Å². The third-order valence-corrected chi connectivity index (χ3v) is 2.70. The summed E-state index contributed by atoms with van der Waals surface area (Å²) in [6, 6.07) is 0.355. The van der Waals surface area contributed by atoms with Crippen LogP contribution in [-0.2, 0) is 9.05 Å². The Balaban J connectivity index is 3.72. The van der Waals surface area contributed by atoms with E-state index in [4.69, 9.17) is 10.7 Å². The van der Waals surface area contributed by atoms with Crippen molar-refractivity contribution in [3.05, 3.63) is 0 Å². The molecular weight excluding hydrogens is 186 g/mol. The van der Waals surface area contributed by atoms with Crippen LogP contribution in [0, 0.1) is 0 Å². The summed E-state index contributed by atoms with van der Waals surface area (Å²) in [5.41, 5.74) is 0. The molecule has 0 rings (SSSR count). The summed E-state index contributed by atoms with van der Waals surface area (Å²) in [5, 5.41) is 0. The second-order valence-corrected chi connectivity index (χ2v) is 5.71. The molecule has 0 aromatic heterocycles. The normalized spacial score (nSPS) is 12.9. The second kappa shape index (κ2) is 4.28. The lowest BCUT2D eigenvalue weighted by Crippen LogP contribution is -2.30. The highest BCUT2D eigenvalue weighted by Gasteiger charge is 2.09. The zero-order valence-electron chi connectivity index (χ0n) is 7.04. The number of halogens is 1.